The third kappa shape index (κ3) is 2.37. The maximum Gasteiger partial charge on any atom is 0.134 e. The lowest BCUT2D eigenvalue weighted by Gasteiger charge is -2.54. The Morgan fingerprint density at radius 2 is 2.18 bits per heavy atom. The Hall–Kier alpha value is -0.990. The molecular formula is C19H26ClNO. The molecule has 120 valence electrons. The molecule has 0 amide bonds. The van der Waals surface area contributed by atoms with Crippen LogP contribution < -0.4 is 0 Å². The molecule has 1 aromatic carbocycles. The van der Waals surface area contributed by atoms with Gasteiger partial charge in [0.15, 0.2) is 0 Å². The molecule has 0 saturated carbocycles. The maximum atomic E-state index is 10.0. The summed E-state index contributed by atoms with van der Waals surface area (Å²) in [6, 6.07) is 4.37. The van der Waals surface area contributed by atoms with Gasteiger partial charge < -0.3 is 5.11 Å². The zero-order valence-electron chi connectivity index (χ0n) is 14.0. The molecule has 2 bridgehead atoms. The van der Waals surface area contributed by atoms with Gasteiger partial charge in [0.2, 0.25) is 0 Å². The number of halogens is 1. The smallest absolute Gasteiger partial charge is 0.134 e. The van der Waals surface area contributed by atoms with Crippen LogP contribution in [0.25, 0.3) is 0 Å². The van der Waals surface area contributed by atoms with E-state index in [4.69, 9.17) is 11.6 Å². The highest BCUT2D eigenvalue weighted by Crippen LogP contribution is 2.52. The summed E-state index contributed by atoms with van der Waals surface area (Å²) in [5.41, 5.74) is 3.95. The van der Waals surface area contributed by atoms with Gasteiger partial charge in [-0.15, -0.1) is 0 Å². The van der Waals surface area contributed by atoms with Crippen LogP contribution in [0.15, 0.2) is 23.8 Å². The molecule has 2 aliphatic rings. The van der Waals surface area contributed by atoms with Crippen molar-refractivity contribution < 1.29 is 5.11 Å². The molecule has 22 heavy (non-hydrogen) atoms. The van der Waals surface area contributed by atoms with E-state index in [1.807, 2.05) is 0 Å². The minimum atomic E-state index is 0.0650. The van der Waals surface area contributed by atoms with E-state index in [0.717, 1.165) is 25.9 Å². The first-order valence-corrected chi connectivity index (χ1v) is 8.60. The first-order valence-electron chi connectivity index (χ1n) is 8.23. The van der Waals surface area contributed by atoms with Gasteiger partial charge in [-0.1, -0.05) is 43.2 Å². The monoisotopic (exact) mass is 319 g/mol. The van der Waals surface area contributed by atoms with Crippen molar-refractivity contribution in [3.05, 3.63) is 39.9 Å². The minimum Gasteiger partial charge on any atom is -0.506 e. The van der Waals surface area contributed by atoms with E-state index in [2.05, 4.69) is 44.7 Å². The molecule has 1 heterocycles. The zero-order chi connectivity index (χ0) is 16.1. The fourth-order valence-corrected chi connectivity index (χ4v) is 4.71. The summed E-state index contributed by atoms with van der Waals surface area (Å²) in [7, 11) is 0. The maximum absolute atomic E-state index is 10.0. The molecule has 3 unspecified atom stereocenters. The molecule has 3 rings (SSSR count). The molecule has 1 N–H and O–H groups in total. The van der Waals surface area contributed by atoms with Crippen molar-refractivity contribution in [2.75, 3.05) is 13.1 Å². The van der Waals surface area contributed by atoms with E-state index < -0.39 is 0 Å². The number of likely N-dealkylation sites (tertiary alicyclic amines) is 1. The molecule has 0 spiro atoms. The van der Waals surface area contributed by atoms with Crippen molar-refractivity contribution in [3.63, 3.8) is 0 Å². The molecule has 1 aromatic rings. The lowest BCUT2D eigenvalue weighted by atomic mass is 9.59. The third-order valence-electron chi connectivity index (χ3n) is 5.91. The van der Waals surface area contributed by atoms with Crippen LogP contribution in [0.3, 0.4) is 0 Å². The summed E-state index contributed by atoms with van der Waals surface area (Å²) < 4.78 is 0. The molecule has 1 fully saturated rings. The van der Waals surface area contributed by atoms with Crippen LogP contribution in [0.4, 0.5) is 0 Å². The number of piperidine rings is 1. The Balaban J connectivity index is 2.01. The van der Waals surface area contributed by atoms with Crippen molar-refractivity contribution >= 4 is 11.6 Å². The summed E-state index contributed by atoms with van der Waals surface area (Å²) in [4.78, 5) is 2.61. The van der Waals surface area contributed by atoms with Gasteiger partial charge >= 0.3 is 0 Å². The molecular weight excluding hydrogens is 294 g/mol. The van der Waals surface area contributed by atoms with Gasteiger partial charge in [0.25, 0.3) is 0 Å². The van der Waals surface area contributed by atoms with Gasteiger partial charge in [-0.3, -0.25) is 4.90 Å². The molecule has 3 heteroatoms. The van der Waals surface area contributed by atoms with Crippen LogP contribution in [-0.2, 0) is 11.8 Å². The molecule has 1 aliphatic heterocycles. The van der Waals surface area contributed by atoms with Crippen molar-refractivity contribution in [2.24, 2.45) is 5.92 Å². The summed E-state index contributed by atoms with van der Waals surface area (Å²) in [5, 5.41) is 10.6. The van der Waals surface area contributed by atoms with Crippen molar-refractivity contribution in [1.29, 1.82) is 0 Å². The van der Waals surface area contributed by atoms with Crippen LogP contribution in [0.2, 0.25) is 5.02 Å². The molecule has 2 nitrogen and oxygen atoms in total. The van der Waals surface area contributed by atoms with Gasteiger partial charge in [-0.05, 0) is 61.8 Å². The number of hydrogen-bond acceptors (Lipinski definition) is 2. The number of nitrogens with zero attached hydrogens (tertiary/aromatic N) is 1. The van der Waals surface area contributed by atoms with Crippen molar-refractivity contribution in [3.8, 4) is 5.75 Å². The van der Waals surface area contributed by atoms with E-state index >= 15 is 0 Å². The van der Waals surface area contributed by atoms with Gasteiger partial charge in [-0.2, -0.15) is 0 Å². The zero-order valence-corrected chi connectivity index (χ0v) is 14.7. The predicted octanol–water partition coefficient (Wildman–Crippen LogP) is 4.54. The molecule has 1 saturated heterocycles. The van der Waals surface area contributed by atoms with Gasteiger partial charge in [0, 0.05) is 12.6 Å². The lowest BCUT2D eigenvalue weighted by Crippen LogP contribution is -2.58. The van der Waals surface area contributed by atoms with Crippen LogP contribution in [0.1, 0.15) is 45.2 Å². The Morgan fingerprint density at radius 1 is 1.45 bits per heavy atom. The quantitative estimate of drug-likeness (QED) is 0.809. The second-order valence-electron chi connectivity index (χ2n) is 7.44. The fraction of sp³-hybridized carbons (Fsp3) is 0.579. The summed E-state index contributed by atoms with van der Waals surface area (Å²) in [5.74, 6) is 0.762. The van der Waals surface area contributed by atoms with Crippen molar-refractivity contribution in [2.45, 2.75) is 52.0 Å². The number of hydrogen-bond donors (Lipinski definition) is 1. The number of phenols is 1. The molecule has 3 atom stereocenters. The Kier molecular flexibility index (Phi) is 4.03. The largest absolute Gasteiger partial charge is 0.506 e. The summed E-state index contributed by atoms with van der Waals surface area (Å²) >= 11 is 6.48. The average molecular weight is 320 g/mol. The minimum absolute atomic E-state index is 0.0650. The molecule has 0 aromatic heterocycles. The van der Waals surface area contributed by atoms with Crippen LogP contribution in [-0.4, -0.2) is 29.1 Å². The average Bonchev–Trinajstić information content (AvgIpc) is 2.45. The normalized spacial score (nSPS) is 30.8. The fourth-order valence-electron chi connectivity index (χ4n) is 4.31. The number of benzene rings is 1. The number of aromatic hydroxyl groups is 1. The van der Waals surface area contributed by atoms with E-state index in [0.29, 0.717) is 17.0 Å². The Morgan fingerprint density at radius 3 is 2.86 bits per heavy atom. The first kappa shape index (κ1) is 15.9. The number of rotatable bonds is 2. The van der Waals surface area contributed by atoms with Gasteiger partial charge in [0.1, 0.15) is 5.75 Å². The number of fused-ring (bicyclic) bond motifs is 4. The number of phenolic OH excluding ortho intramolecular Hbond substituents is 1. The van der Waals surface area contributed by atoms with Gasteiger partial charge in [-0.25, -0.2) is 0 Å². The predicted molar refractivity (Wildman–Crippen MR) is 92.7 cm³/mol. The first-order chi connectivity index (χ1) is 10.3. The van der Waals surface area contributed by atoms with E-state index in [1.54, 1.807) is 6.07 Å². The van der Waals surface area contributed by atoms with Crippen LogP contribution >= 0.6 is 11.6 Å². The van der Waals surface area contributed by atoms with E-state index in [1.165, 1.54) is 16.7 Å². The highest BCUT2D eigenvalue weighted by Gasteiger charge is 2.49. The number of allylic oxidation sites excluding steroid dienone is 1. The second kappa shape index (κ2) is 5.58. The Bertz CT molecular complexity index is 620. The molecule has 0 radical (unpaired) electrons. The third-order valence-corrected chi connectivity index (χ3v) is 6.29. The summed E-state index contributed by atoms with van der Waals surface area (Å²) in [6.07, 6.45) is 4.45. The van der Waals surface area contributed by atoms with Gasteiger partial charge in [0.05, 0.1) is 5.02 Å². The standard InChI is InChI=1S/C19H26ClNO/c1-12(2)7-9-21-10-8-19(4)13(3)15(21)11-14-5-6-16(22)18(20)17(14)19/h5-7,13,15,22H,8-11H2,1-4H3. The summed E-state index contributed by atoms with van der Waals surface area (Å²) in [6.45, 7) is 11.1. The molecule has 1 aliphatic carbocycles. The van der Waals surface area contributed by atoms with Crippen molar-refractivity contribution in [1.82, 2.24) is 4.90 Å². The highest BCUT2D eigenvalue weighted by atomic mass is 35.5. The highest BCUT2D eigenvalue weighted by molar-refractivity contribution is 6.33. The van der Waals surface area contributed by atoms with Crippen LogP contribution in [0, 0.1) is 5.92 Å². The topological polar surface area (TPSA) is 23.5 Å². The van der Waals surface area contributed by atoms with E-state index in [9.17, 15) is 5.11 Å². The lowest BCUT2D eigenvalue weighted by molar-refractivity contribution is 0.0397. The SMILES string of the molecule is CC(C)=CCN1CCC2(C)c3c(ccc(O)c3Cl)CC1C2C. The van der Waals surface area contributed by atoms with E-state index in [-0.39, 0.29) is 11.2 Å². The Labute approximate surface area is 138 Å². The second-order valence-corrected chi connectivity index (χ2v) is 7.81. The van der Waals surface area contributed by atoms with Crippen LogP contribution in [0.5, 0.6) is 5.75 Å².